The molecule has 1 N–H and O–H groups in total. The minimum atomic E-state index is -0.138. The van der Waals surface area contributed by atoms with Crippen molar-refractivity contribution >= 4 is 5.91 Å². The second-order valence-corrected chi connectivity index (χ2v) is 6.98. The summed E-state index contributed by atoms with van der Waals surface area (Å²) in [5, 5.41) is 9.62. The van der Waals surface area contributed by atoms with E-state index in [1.54, 1.807) is 31.3 Å². The van der Waals surface area contributed by atoms with Crippen LogP contribution in [0.4, 0.5) is 0 Å². The smallest absolute Gasteiger partial charge is 0.255 e. The van der Waals surface area contributed by atoms with E-state index in [1.165, 1.54) is 10.6 Å². The number of nitrogens with zero attached hydrogens (tertiary/aromatic N) is 3. The fourth-order valence-electron chi connectivity index (χ4n) is 3.43. The highest BCUT2D eigenvalue weighted by molar-refractivity contribution is 5.94. The molecule has 2 heterocycles. The average Bonchev–Trinajstić information content (AvgIpc) is 2.61. The number of pyridine rings is 1. The molecule has 7 heteroatoms. The summed E-state index contributed by atoms with van der Waals surface area (Å²) in [5.74, 6) is 0.314. The van der Waals surface area contributed by atoms with Crippen LogP contribution in [0.25, 0.3) is 0 Å². The Labute approximate surface area is 148 Å². The van der Waals surface area contributed by atoms with Crippen LogP contribution >= 0.6 is 0 Å². The number of aryl methyl sites for hydroxylation is 1. The van der Waals surface area contributed by atoms with Crippen LogP contribution in [0.5, 0.6) is 0 Å². The SMILES string of the molecule is COCCN(C)C[C@@H]1C[C@@H](CO)CN(C(=O)c2ccc(=O)n(C)c2)C1. The molecule has 1 aromatic heterocycles. The summed E-state index contributed by atoms with van der Waals surface area (Å²) in [6.07, 6.45) is 2.48. The van der Waals surface area contributed by atoms with Gasteiger partial charge in [0.15, 0.2) is 0 Å². The summed E-state index contributed by atoms with van der Waals surface area (Å²) in [6, 6.07) is 2.99. The largest absolute Gasteiger partial charge is 0.396 e. The summed E-state index contributed by atoms with van der Waals surface area (Å²) in [7, 11) is 5.37. The number of carbonyl (C=O) groups is 1. The van der Waals surface area contributed by atoms with Crippen LogP contribution in [0.1, 0.15) is 16.8 Å². The predicted molar refractivity (Wildman–Crippen MR) is 95.6 cm³/mol. The molecular formula is C18H29N3O4. The van der Waals surface area contributed by atoms with E-state index in [9.17, 15) is 14.7 Å². The molecule has 0 spiro atoms. The van der Waals surface area contributed by atoms with E-state index in [2.05, 4.69) is 4.90 Å². The third-order valence-electron chi connectivity index (χ3n) is 4.75. The van der Waals surface area contributed by atoms with Crippen molar-refractivity contribution in [2.45, 2.75) is 6.42 Å². The van der Waals surface area contributed by atoms with Gasteiger partial charge in [0.05, 0.1) is 12.2 Å². The summed E-state index contributed by atoms with van der Waals surface area (Å²) in [6.45, 7) is 3.66. The Morgan fingerprint density at radius 1 is 1.36 bits per heavy atom. The highest BCUT2D eigenvalue weighted by Gasteiger charge is 2.30. The average molecular weight is 351 g/mol. The number of hydrogen-bond acceptors (Lipinski definition) is 5. The summed E-state index contributed by atoms with van der Waals surface area (Å²) in [4.78, 5) is 28.3. The van der Waals surface area contributed by atoms with Gasteiger partial charge in [-0.15, -0.1) is 0 Å². The number of methoxy groups -OCH3 is 1. The number of aromatic nitrogens is 1. The Morgan fingerprint density at radius 3 is 2.72 bits per heavy atom. The zero-order valence-corrected chi connectivity index (χ0v) is 15.4. The number of aliphatic hydroxyl groups is 1. The Hall–Kier alpha value is -1.70. The van der Waals surface area contributed by atoms with Gasteiger partial charge >= 0.3 is 0 Å². The number of hydrogen-bond donors (Lipinski definition) is 1. The fraction of sp³-hybridized carbons (Fsp3) is 0.667. The molecule has 1 amide bonds. The van der Waals surface area contributed by atoms with E-state index >= 15 is 0 Å². The summed E-state index contributed by atoms with van der Waals surface area (Å²) >= 11 is 0. The van der Waals surface area contributed by atoms with Crippen molar-refractivity contribution < 1.29 is 14.6 Å². The first-order valence-electron chi connectivity index (χ1n) is 8.68. The molecule has 0 unspecified atom stereocenters. The Morgan fingerprint density at radius 2 is 2.08 bits per heavy atom. The molecule has 1 fully saturated rings. The molecular weight excluding hydrogens is 322 g/mol. The van der Waals surface area contributed by atoms with Gasteiger partial charge in [0, 0.05) is 59.2 Å². The van der Waals surface area contributed by atoms with Crippen molar-refractivity contribution in [2.75, 3.05) is 53.6 Å². The molecule has 2 atom stereocenters. The van der Waals surface area contributed by atoms with E-state index in [1.807, 2.05) is 7.05 Å². The first kappa shape index (κ1) is 19.6. The van der Waals surface area contributed by atoms with Crippen molar-refractivity contribution in [3.05, 3.63) is 34.2 Å². The van der Waals surface area contributed by atoms with Crippen LogP contribution in [0.15, 0.2) is 23.1 Å². The lowest BCUT2D eigenvalue weighted by Gasteiger charge is -2.38. The van der Waals surface area contributed by atoms with Gasteiger partial charge in [-0.1, -0.05) is 0 Å². The lowest BCUT2D eigenvalue weighted by atomic mass is 9.89. The van der Waals surface area contributed by atoms with Crippen LogP contribution in [0, 0.1) is 11.8 Å². The number of amides is 1. The van der Waals surface area contributed by atoms with E-state index < -0.39 is 0 Å². The van der Waals surface area contributed by atoms with E-state index in [-0.39, 0.29) is 24.0 Å². The minimum absolute atomic E-state index is 0.0787. The van der Waals surface area contributed by atoms with Crippen LogP contribution in [-0.2, 0) is 11.8 Å². The van der Waals surface area contributed by atoms with Crippen LogP contribution in [0.3, 0.4) is 0 Å². The molecule has 25 heavy (non-hydrogen) atoms. The van der Waals surface area contributed by atoms with Crippen LogP contribution < -0.4 is 5.56 Å². The number of likely N-dealkylation sites (tertiary alicyclic amines) is 1. The third-order valence-corrected chi connectivity index (χ3v) is 4.75. The molecule has 0 bridgehead atoms. The lowest BCUT2D eigenvalue weighted by Crippen LogP contribution is -2.48. The van der Waals surface area contributed by atoms with Gasteiger partial charge in [-0.25, -0.2) is 0 Å². The van der Waals surface area contributed by atoms with Crippen LogP contribution in [-0.4, -0.2) is 78.9 Å². The number of carbonyl (C=O) groups excluding carboxylic acids is 1. The number of piperidine rings is 1. The Kier molecular flexibility index (Phi) is 7.16. The fourth-order valence-corrected chi connectivity index (χ4v) is 3.43. The molecule has 1 aliphatic heterocycles. The maximum atomic E-state index is 12.8. The highest BCUT2D eigenvalue weighted by atomic mass is 16.5. The summed E-state index contributed by atoms with van der Waals surface area (Å²) < 4.78 is 6.52. The normalized spacial score (nSPS) is 20.9. The highest BCUT2D eigenvalue weighted by Crippen LogP contribution is 2.23. The predicted octanol–water partition coefficient (Wildman–Crippen LogP) is 0.0341. The molecule has 1 aromatic rings. The van der Waals surface area contributed by atoms with Crippen molar-refractivity contribution in [1.29, 1.82) is 0 Å². The monoisotopic (exact) mass is 351 g/mol. The zero-order chi connectivity index (χ0) is 18.4. The zero-order valence-electron chi connectivity index (χ0n) is 15.4. The maximum Gasteiger partial charge on any atom is 0.255 e. The quantitative estimate of drug-likeness (QED) is 0.750. The maximum absolute atomic E-state index is 12.8. The number of likely N-dealkylation sites (N-methyl/N-ethyl adjacent to an activating group) is 1. The molecule has 0 aliphatic carbocycles. The van der Waals surface area contributed by atoms with Crippen molar-refractivity contribution in [1.82, 2.24) is 14.4 Å². The molecule has 140 valence electrons. The first-order valence-corrected chi connectivity index (χ1v) is 8.68. The topological polar surface area (TPSA) is 75.0 Å². The van der Waals surface area contributed by atoms with Crippen molar-refractivity contribution in [3.8, 4) is 0 Å². The van der Waals surface area contributed by atoms with Gasteiger partial charge in [0.1, 0.15) is 0 Å². The number of aliphatic hydroxyl groups excluding tert-OH is 1. The minimum Gasteiger partial charge on any atom is -0.396 e. The standard InChI is InChI=1S/C18H29N3O4/c1-19(6-7-25-3)9-14-8-15(13-22)11-21(10-14)18(24)16-4-5-17(23)20(2)12-16/h4-5,12,14-15,22H,6-11,13H2,1-3H3/t14-,15+/m0/s1. The molecule has 0 radical (unpaired) electrons. The van der Waals surface area contributed by atoms with Crippen molar-refractivity contribution in [2.24, 2.45) is 18.9 Å². The number of rotatable bonds is 7. The van der Waals surface area contributed by atoms with Crippen molar-refractivity contribution in [3.63, 3.8) is 0 Å². The first-order chi connectivity index (χ1) is 11.9. The van der Waals surface area contributed by atoms with Gasteiger partial charge in [-0.05, 0) is 31.4 Å². The molecule has 0 saturated carbocycles. The molecule has 1 saturated heterocycles. The lowest BCUT2D eigenvalue weighted by molar-refractivity contribution is 0.0450. The second kappa shape index (κ2) is 9.12. The number of ether oxygens (including phenoxy) is 1. The van der Waals surface area contributed by atoms with E-state index in [0.717, 1.165) is 19.5 Å². The van der Waals surface area contributed by atoms with Gasteiger partial charge < -0.3 is 24.2 Å². The van der Waals surface area contributed by atoms with Gasteiger partial charge in [0.2, 0.25) is 5.56 Å². The van der Waals surface area contributed by atoms with Crippen LogP contribution in [0.2, 0.25) is 0 Å². The molecule has 2 rings (SSSR count). The van der Waals surface area contributed by atoms with Gasteiger partial charge in [0.25, 0.3) is 5.91 Å². The molecule has 0 aromatic carbocycles. The molecule has 1 aliphatic rings. The third kappa shape index (κ3) is 5.39. The van der Waals surface area contributed by atoms with Gasteiger partial charge in [-0.2, -0.15) is 0 Å². The second-order valence-electron chi connectivity index (χ2n) is 6.98. The Balaban J connectivity index is 2.06. The summed E-state index contributed by atoms with van der Waals surface area (Å²) in [5.41, 5.74) is 0.369. The van der Waals surface area contributed by atoms with Gasteiger partial charge in [-0.3, -0.25) is 9.59 Å². The van der Waals surface area contributed by atoms with E-state index in [0.29, 0.717) is 31.2 Å². The van der Waals surface area contributed by atoms with E-state index in [4.69, 9.17) is 4.74 Å². The Bertz CT molecular complexity index is 631. The molecule has 7 nitrogen and oxygen atoms in total.